The Balaban J connectivity index is 1.33. The van der Waals surface area contributed by atoms with E-state index in [1.54, 1.807) is 54.6 Å². The second-order valence-electron chi connectivity index (χ2n) is 6.98. The van der Waals surface area contributed by atoms with E-state index < -0.39 is 11.7 Å². The fourth-order valence-corrected chi connectivity index (χ4v) is 5.16. The summed E-state index contributed by atoms with van der Waals surface area (Å²) in [6, 6.07) is 16.6. The van der Waals surface area contributed by atoms with Gasteiger partial charge in [0.1, 0.15) is 16.2 Å². The van der Waals surface area contributed by atoms with Crippen LogP contribution in [0.1, 0.15) is 9.67 Å². The normalized spacial score (nSPS) is 11.1. The smallest absolute Gasteiger partial charge is 0.269 e. The van der Waals surface area contributed by atoms with Crippen molar-refractivity contribution in [1.82, 2.24) is 10.3 Å². The third-order valence-electron chi connectivity index (χ3n) is 4.77. The van der Waals surface area contributed by atoms with E-state index in [1.165, 1.54) is 17.4 Å². The molecule has 0 aliphatic rings. The average molecular weight is 516 g/mol. The second-order valence-corrected chi connectivity index (χ2v) is 9.25. The number of rotatable bonds is 3. The van der Waals surface area contributed by atoms with Crippen LogP contribution < -0.4 is 10.6 Å². The van der Waals surface area contributed by atoms with Crippen molar-refractivity contribution in [2.24, 2.45) is 0 Å². The largest absolute Gasteiger partial charge is 0.436 e. The van der Waals surface area contributed by atoms with Gasteiger partial charge in [0.2, 0.25) is 5.89 Å². The van der Waals surface area contributed by atoms with Crippen LogP contribution in [-0.2, 0) is 0 Å². The zero-order valence-electron chi connectivity index (χ0n) is 16.5. The van der Waals surface area contributed by atoms with Crippen molar-refractivity contribution in [3.05, 3.63) is 81.4 Å². The molecule has 2 heterocycles. The van der Waals surface area contributed by atoms with Gasteiger partial charge >= 0.3 is 0 Å². The molecular weight excluding hydrogens is 504 g/mol. The van der Waals surface area contributed by atoms with Crippen molar-refractivity contribution in [2.45, 2.75) is 0 Å². The quantitative estimate of drug-likeness (QED) is 0.247. The number of aromatic nitrogens is 1. The Bertz CT molecular complexity index is 1560. The fraction of sp³-hybridized carbons (Fsp3) is 0. The van der Waals surface area contributed by atoms with Crippen LogP contribution >= 0.6 is 46.8 Å². The first kappa shape index (κ1) is 21.8. The molecule has 10 heteroatoms. The Morgan fingerprint density at radius 3 is 2.73 bits per heavy atom. The molecule has 0 fully saturated rings. The number of nitrogens with zero attached hydrogens (tertiary/aromatic N) is 1. The molecule has 0 saturated heterocycles. The summed E-state index contributed by atoms with van der Waals surface area (Å²) in [5.74, 6) is -0.678. The minimum atomic E-state index is -0.431. The zero-order valence-corrected chi connectivity index (χ0v) is 19.6. The molecule has 2 aromatic heterocycles. The summed E-state index contributed by atoms with van der Waals surface area (Å²) in [7, 11) is 0. The topological polar surface area (TPSA) is 67.2 Å². The molecule has 5 nitrogen and oxygen atoms in total. The number of thiocarbonyl (C=S) groups is 1. The molecule has 0 radical (unpaired) electrons. The molecule has 0 spiro atoms. The number of halogens is 3. The highest BCUT2D eigenvalue weighted by molar-refractivity contribution is 7.80. The highest BCUT2D eigenvalue weighted by atomic mass is 35.5. The minimum Gasteiger partial charge on any atom is -0.436 e. The lowest BCUT2D eigenvalue weighted by molar-refractivity contribution is 0.0982. The van der Waals surface area contributed by atoms with Gasteiger partial charge in [-0.2, -0.15) is 0 Å². The van der Waals surface area contributed by atoms with Crippen molar-refractivity contribution < 1.29 is 13.6 Å². The number of carbonyl (C=O) groups is 1. The van der Waals surface area contributed by atoms with Crippen molar-refractivity contribution in [1.29, 1.82) is 0 Å². The van der Waals surface area contributed by atoms with Crippen LogP contribution in [0.15, 0.2) is 65.1 Å². The molecule has 1 amide bonds. The van der Waals surface area contributed by atoms with Crippen LogP contribution in [0.4, 0.5) is 10.1 Å². The summed E-state index contributed by atoms with van der Waals surface area (Å²) in [4.78, 5) is 17.4. The Morgan fingerprint density at radius 1 is 1.09 bits per heavy atom. The molecule has 0 saturated carbocycles. The van der Waals surface area contributed by atoms with Crippen molar-refractivity contribution >= 4 is 84.6 Å². The van der Waals surface area contributed by atoms with Gasteiger partial charge in [0.15, 0.2) is 10.7 Å². The monoisotopic (exact) mass is 515 g/mol. The number of carbonyl (C=O) groups excluding carboxylic acids is 1. The van der Waals surface area contributed by atoms with E-state index in [0.717, 1.165) is 10.1 Å². The number of anilines is 1. The number of fused-ring (bicyclic) bond motifs is 2. The van der Waals surface area contributed by atoms with Crippen LogP contribution in [-0.4, -0.2) is 16.0 Å². The van der Waals surface area contributed by atoms with Gasteiger partial charge in [-0.3, -0.25) is 10.1 Å². The van der Waals surface area contributed by atoms with Gasteiger partial charge in [-0.1, -0.05) is 41.4 Å². The molecule has 0 atom stereocenters. The van der Waals surface area contributed by atoms with Crippen LogP contribution in [0, 0.1) is 5.82 Å². The van der Waals surface area contributed by atoms with Gasteiger partial charge in [-0.25, -0.2) is 9.37 Å². The maximum absolute atomic E-state index is 14.0. The molecule has 0 bridgehead atoms. The SMILES string of the molecule is O=C(NC(=S)Nc1ccc2oc(-c3ccccc3F)nc2c1)c1sc2cc(Cl)ccc2c1Cl. The van der Waals surface area contributed by atoms with Gasteiger partial charge in [0.25, 0.3) is 5.91 Å². The third kappa shape index (κ3) is 4.30. The Kier molecular flexibility index (Phi) is 5.76. The van der Waals surface area contributed by atoms with E-state index in [1.807, 2.05) is 0 Å². The number of benzene rings is 3. The maximum Gasteiger partial charge on any atom is 0.269 e. The molecule has 3 aromatic carbocycles. The lowest BCUT2D eigenvalue weighted by atomic mass is 10.2. The second kappa shape index (κ2) is 8.72. The number of amides is 1. The van der Waals surface area contributed by atoms with Crippen molar-refractivity contribution in [3.63, 3.8) is 0 Å². The van der Waals surface area contributed by atoms with Crippen molar-refractivity contribution in [3.8, 4) is 11.5 Å². The first-order chi connectivity index (χ1) is 15.9. The number of hydrogen-bond donors (Lipinski definition) is 2. The molecule has 33 heavy (non-hydrogen) atoms. The lowest BCUT2D eigenvalue weighted by Crippen LogP contribution is -2.33. The summed E-state index contributed by atoms with van der Waals surface area (Å²) < 4.78 is 20.5. The van der Waals surface area contributed by atoms with E-state index in [-0.39, 0.29) is 16.6 Å². The van der Waals surface area contributed by atoms with Crippen LogP contribution in [0.5, 0.6) is 0 Å². The maximum atomic E-state index is 14.0. The highest BCUT2D eigenvalue weighted by Gasteiger charge is 2.19. The minimum absolute atomic E-state index is 0.0868. The van der Waals surface area contributed by atoms with E-state index in [9.17, 15) is 9.18 Å². The summed E-state index contributed by atoms with van der Waals surface area (Å²) >= 11 is 18.9. The summed E-state index contributed by atoms with van der Waals surface area (Å²) in [5, 5.41) is 7.31. The molecule has 5 aromatic rings. The summed E-state index contributed by atoms with van der Waals surface area (Å²) in [6.45, 7) is 0. The number of hydrogen-bond acceptors (Lipinski definition) is 5. The molecule has 0 aliphatic carbocycles. The van der Waals surface area contributed by atoms with Crippen LogP contribution in [0.25, 0.3) is 32.6 Å². The molecule has 5 rings (SSSR count). The van der Waals surface area contributed by atoms with Crippen LogP contribution in [0.3, 0.4) is 0 Å². The molecule has 0 unspecified atom stereocenters. The van der Waals surface area contributed by atoms with Crippen molar-refractivity contribution in [2.75, 3.05) is 5.32 Å². The van der Waals surface area contributed by atoms with Crippen LogP contribution in [0.2, 0.25) is 10.0 Å². The van der Waals surface area contributed by atoms with Gasteiger partial charge < -0.3 is 9.73 Å². The van der Waals surface area contributed by atoms with Gasteiger partial charge in [0, 0.05) is 20.8 Å². The Morgan fingerprint density at radius 2 is 1.91 bits per heavy atom. The summed E-state index contributed by atoms with van der Waals surface area (Å²) in [6.07, 6.45) is 0. The van der Waals surface area contributed by atoms with Gasteiger partial charge in [-0.15, -0.1) is 11.3 Å². The molecular formula is C23H12Cl2FN3O2S2. The molecule has 164 valence electrons. The van der Waals surface area contributed by atoms with E-state index in [4.69, 9.17) is 39.8 Å². The van der Waals surface area contributed by atoms with Gasteiger partial charge in [-0.05, 0) is 54.7 Å². The van der Waals surface area contributed by atoms with E-state index >= 15 is 0 Å². The predicted molar refractivity (Wildman–Crippen MR) is 135 cm³/mol. The molecule has 0 aliphatic heterocycles. The summed E-state index contributed by atoms with van der Waals surface area (Å²) in [5.41, 5.74) is 1.85. The van der Waals surface area contributed by atoms with Gasteiger partial charge in [0.05, 0.1) is 10.6 Å². The average Bonchev–Trinajstić information content (AvgIpc) is 3.34. The third-order valence-corrected chi connectivity index (χ3v) is 6.87. The zero-order chi connectivity index (χ0) is 23.1. The van der Waals surface area contributed by atoms with E-state index in [0.29, 0.717) is 31.7 Å². The predicted octanol–water partition coefficient (Wildman–Crippen LogP) is 7.28. The highest BCUT2D eigenvalue weighted by Crippen LogP contribution is 2.36. The lowest BCUT2D eigenvalue weighted by Gasteiger charge is -2.08. The number of thiophene rings is 1. The Labute approximate surface area is 206 Å². The first-order valence-corrected chi connectivity index (χ1v) is 11.5. The molecule has 2 N–H and O–H groups in total. The number of oxazole rings is 1. The number of nitrogens with one attached hydrogen (secondary N) is 2. The fourth-order valence-electron chi connectivity index (χ4n) is 3.26. The standard InChI is InChI=1S/C23H12Cl2FN3O2S2/c24-11-5-7-14-18(9-11)33-20(19(14)25)21(30)29-23(32)27-12-6-8-17-16(10-12)28-22(31-17)13-3-1-2-4-15(13)26/h1-10H,(H2,27,29,30,32). The first-order valence-electron chi connectivity index (χ1n) is 9.54. The van der Waals surface area contributed by atoms with E-state index in [2.05, 4.69) is 15.6 Å². The Hall–Kier alpha value is -3.04.